The standard InChI is InChI=1S/C25H14N4O/c26-15-17-12-18(16-27)14-19(13-17)30-24-10-4-3-8-22(24)29-21-7-2-1-6-20(21)25-23(29)9-5-11-28-25/h1-14H. The molecule has 0 aliphatic heterocycles. The molecule has 0 bridgehead atoms. The summed E-state index contributed by atoms with van der Waals surface area (Å²) in [6.07, 6.45) is 1.79. The van der Waals surface area contributed by atoms with Crippen LogP contribution in [0.4, 0.5) is 0 Å². The van der Waals surface area contributed by atoms with Crippen LogP contribution in [0.3, 0.4) is 0 Å². The van der Waals surface area contributed by atoms with E-state index in [1.807, 2.05) is 48.5 Å². The van der Waals surface area contributed by atoms with E-state index in [1.54, 1.807) is 18.3 Å². The molecule has 0 saturated carbocycles. The van der Waals surface area contributed by atoms with Crippen molar-refractivity contribution in [3.63, 3.8) is 0 Å². The number of fused-ring (bicyclic) bond motifs is 3. The SMILES string of the molecule is N#Cc1cc(C#N)cc(Oc2ccccc2-n2c3ccccc3c3ncccc32)c1. The minimum Gasteiger partial charge on any atom is -0.455 e. The van der Waals surface area contributed by atoms with E-state index in [0.29, 0.717) is 22.6 Å². The number of para-hydroxylation sites is 3. The van der Waals surface area contributed by atoms with Crippen molar-refractivity contribution in [3.8, 4) is 29.3 Å². The molecule has 2 aromatic heterocycles. The van der Waals surface area contributed by atoms with E-state index in [-0.39, 0.29) is 0 Å². The molecular weight excluding hydrogens is 372 g/mol. The Hall–Kier alpha value is -4.61. The lowest BCUT2D eigenvalue weighted by atomic mass is 10.1. The zero-order valence-corrected chi connectivity index (χ0v) is 15.8. The van der Waals surface area contributed by atoms with E-state index in [0.717, 1.165) is 27.6 Å². The predicted molar refractivity (Wildman–Crippen MR) is 115 cm³/mol. The van der Waals surface area contributed by atoms with Gasteiger partial charge in [0.15, 0.2) is 5.75 Å². The Morgan fingerprint density at radius 2 is 1.47 bits per heavy atom. The second-order valence-electron chi connectivity index (χ2n) is 6.76. The average Bonchev–Trinajstić information content (AvgIpc) is 3.13. The molecule has 0 fully saturated rings. The highest BCUT2D eigenvalue weighted by Crippen LogP contribution is 2.36. The summed E-state index contributed by atoms with van der Waals surface area (Å²) in [5.41, 5.74) is 4.51. The van der Waals surface area contributed by atoms with Gasteiger partial charge in [0.25, 0.3) is 0 Å². The second kappa shape index (κ2) is 7.09. The van der Waals surface area contributed by atoms with Gasteiger partial charge in [-0.25, -0.2) is 0 Å². The van der Waals surface area contributed by atoms with E-state index in [9.17, 15) is 10.5 Å². The lowest BCUT2D eigenvalue weighted by molar-refractivity contribution is 0.480. The molecule has 0 N–H and O–H groups in total. The minimum atomic E-state index is 0.377. The quantitative estimate of drug-likeness (QED) is 0.398. The van der Waals surface area contributed by atoms with Crippen molar-refractivity contribution in [2.75, 3.05) is 0 Å². The molecule has 0 radical (unpaired) electrons. The van der Waals surface area contributed by atoms with Crippen LogP contribution in [0.25, 0.3) is 27.6 Å². The summed E-state index contributed by atoms with van der Waals surface area (Å²) in [6, 6.07) is 28.7. The van der Waals surface area contributed by atoms with Crippen molar-refractivity contribution in [2.45, 2.75) is 0 Å². The fraction of sp³-hybridized carbons (Fsp3) is 0. The van der Waals surface area contributed by atoms with Gasteiger partial charge in [-0.3, -0.25) is 4.98 Å². The van der Waals surface area contributed by atoms with Gasteiger partial charge in [-0.2, -0.15) is 10.5 Å². The molecular formula is C25H14N4O. The van der Waals surface area contributed by atoms with Crippen LogP contribution >= 0.6 is 0 Å². The average molecular weight is 386 g/mol. The third-order valence-electron chi connectivity index (χ3n) is 4.93. The van der Waals surface area contributed by atoms with Gasteiger partial charge >= 0.3 is 0 Å². The van der Waals surface area contributed by atoms with Gasteiger partial charge in [-0.15, -0.1) is 0 Å². The van der Waals surface area contributed by atoms with E-state index in [2.05, 4.69) is 33.8 Å². The summed E-state index contributed by atoms with van der Waals surface area (Å²) < 4.78 is 8.29. The van der Waals surface area contributed by atoms with Crippen molar-refractivity contribution in [3.05, 3.63) is 96.2 Å². The number of hydrogen-bond donors (Lipinski definition) is 0. The van der Waals surface area contributed by atoms with Crippen molar-refractivity contribution in [2.24, 2.45) is 0 Å². The van der Waals surface area contributed by atoms with Crippen molar-refractivity contribution in [1.29, 1.82) is 10.5 Å². The first-order chi connectivity index (χ1) is 14.8. The molecule has 30 heavy (non-hydrogen) atoms. The van der Waals surface area contributed by atoms with Gasteiger partial charge < -0.3 is 9.30 Å². The normalized spacial score (nSPS) is 10.6. The third-order valence-corrected chi connectivity index (χ3v) is 4.93. The summed E-state index contributed by atoms with van der Waals surface area (Å²) in [7, 11) is 0. The number of nitriles is 2. The van der Waals surface area contributed by atoms with Crippen LogP contribution in [0.1, 0.15) is 11.1 Å². The summed E-state index contributed by atoms with van der Waals surface area (Å²) >= 11 is 0. The minimum absolute atomic E-state index is 0.377. The van der Waals surface area contributed by atoms with Crippen molar-refractivity contribution in [1.82, 2.24) is 9.55 Å². The molecule has 5 heteroatoms. The van der Waals surface area contributed by atoms with E-state index in [4.69, 9.17) is 4.74 Å². The van der Waals surface area contributed by atoms with Crippen LogP contribution in [0.5, 0.6) is 11.5 Å². The maximum Gasteiger partial charge on any atom is 0.151 e. The number of rotatable bonds is 3. The number of benzene rings is 3. The van der Waals surface area contributed by atoms with Gasteiger partial charge in [-0.1, -0.05) is 30.3 Å². The first-order valence-corrected chi connectivity index (χ1v) is 9.35. The highest BCUT2D eigenvalue weighted by atomic mass is 16.5. The zero-order valence-electron chi connectivity index (χ0n) is 15.8. The Morgan fingerprint density at radius 3 is 2.27 bits per heavy atom. The Balaban J connectivity index is 1.73. The Morgan fingerprint density at radius 1 is 0.767 bits per heavy atom. The summed E-state index contributed by atoms with van der Waals surface area (Å²) in [4.78, 5) is 4.58. The molecule has 2 heterocycles. The van der Waals surface area contributed by atoms with Crippen LogP contribution < -0.4 is 4.74 Å². The number of pyridine rings is 1. The number of nitrogens with zero attached hydrogens (tertiary/aromatic N) is 4. The van der Waals surface area contributed by atoms with E-state index < -0.39 is 0 Å². The first-order valence-electron chi connectivity index (χ1n) is 9.35. The predicted octanol–water partition coefficient (Wildman–Crippen LogP) is 5.71. The van der Waals surface area contributed by atoms with E-state index >= 15 is 0 Å². The second-order valence-corrected chi connectivity index (χ2v) is 6.76. The van der Waals surface area contributed by atoms with E-state index in [1.165, 1.54) is 6.07 Å². The summed E-state index contributed by atoms with van der Waals surface area (Å²) in [5, 5.41) is 19.6. The number of ether oxygens (including phenoxy) is 1. The largest absolute Gasteiger partial charge is 0.455 e. The van der Waals surface area contributed by atoms with Crippen LogP contribution in [0.2, 0.25) is 0 Å². The topological polar surface area (TPSA) is 74.6 Å². The molecule has 0 aliphatic carbocycles. The maximum atomic E-state index is 9.26. The van der Waals surface area contributed by atoms with Crippen LogP contribution in [0.15, 0.2) is 85.1 Å². The molecule has 0 unspecified atom stereocenters. The molecule has 5 nitrogen and oxygen atoms in total. The molecule has 0 aliphatic rings. The molecule has 140 valence electrons. The van der Waals surface area contributed by atoms with Crippen molar-refractivity contribution < 1.29 is 4.74 Å². The highest BCUT2D eigenvalue weighted by Gasteiger charge is 2.16. The lowest BCUT2D eigenvalue weighted by Crippen LogP contribution is -1.98. The molecule has 5 rings (SSSR count). The fourth-order valence-electron chi connectivity index (χ4n) is 3.69. The third kappa shape index (κ3) is 2.83. The number of hydrogen-bond acceptors (Lipinski definition) is 4. The summed E-state index contributed by atoms with van der Waals surface area (Å²) in [6.45, 7) is 0. The Bertz CT molecular complexity index is 1420. The Kier molecular flexibility index (Phi) is 4.13. The highest BCUT2D eigenvalue weighted by molar-refractivity contribution is 6.07. The molecule has 5 aromatic rings. The van der Waals surface area contributed by atoms with Crippen LogP contribution in [-0.4, -0.2) is 9.55 Å². The van der Waals surface area contributed by atoms with Crippen LogP contribution in [0, 0.1) is 22.7 Å². The zero-order chi connectivity index (χ0) is 20.5. The molecule has 3 aromatic carbocycles. The monoisotopic (exact) mass is 386 g/mol. The maximum absolute atomic E-state index is 9.26. The number of aromatic nitrogens is 2. The molecule has 0 spiro atoms. The van der Waals surface area contributed by atoms with Gasteiger partial charge in [0.1, 0.15) is 5.75 Å². The lowest BCUT2D eigenvalue weighted by Gasteiger charge is -2.14. The molecule has 0 saturated heterocycles. The molecule has 0 amide bonds. The van der Waals surface area contributed by atoms with Gasteiger partial charge in [-0.05, 0) is 48.5 Å². The smallest absolute Gasteiger partial charge is 0.151 e. The van der Waals surface area contributed by atoms with Gasteiger partial charge in [0, 0.05) is 11.6 Å². The van der Waals surface area contributed by atoms with Gasteiger partial charge in [0.05, 0.1) is 45.5 Å². The van der Waals surface area contributed by atoms with Crippen LogP contribution in [-0.2, 0) is 0 Å². The van der Waals surface area contributed by atoms with Gasteiger partial charge in [0.2, 0.25) is 0 Å². The fourth-order valence-corrected chi connectivity index (χ4v) is 3.69. The Labute approximate surface area is 172 Å². The van der Waals surface area contributed by atoms with Crippen molar-refractivity contribution >= 4 is 21.9 Å². The first kappa shape index (κ1) is 17.5. The molecule has 0 atom stereocenters. The summed E-state index contributed by atoms with van der Waals surface area (Å²) in [5.74, 6) is 1.06.